The van der Waals surface area contributed by atoms with Gasteiger partial charge in [0, 0.05) is 15.6 Å². The molecule has 0 aliphatic heterocycles. The molecule has 2 aromatic rings. The molecule has 0 bridgehead atoms. The van der Waals surface area contributed by atoms with Gasteiger partial charge in [0.15, 0.2) is 0 Å². The lowest BCUT2D eigenvalue weighted by atomic mass is 9.74. The van der Waals surface area contributed by atoms with Crippen molar-refractivity contribution in [2.45, 2.75) is 24.9 Å². The molecular weight excluding hydrogens is 279 g/mol. The number of aliphatic hydroxyl groups is 1. The molecule has 0 radical (unpaired) electrons. The quantitative estimate of drug-likeness (QED) is 0.865. The lowest BCUT2D eigenvalue weighted by Gasteiger charge is -2.32. The molecule has 2 atom stereocenters. The maximum absolute atomic E-state index is 10.3. The number of hydrogen-bond donors (Lipinski definition) is 1. The van der Waals surface area contributed by atoms with Crippen LogP contribution in [0.1, 0.15) is 35.1 Å². The minimum absolute atomic E-state index is 0.418. The molecule has 1 aliphatic rings. The second-order valence-electron chi connectivity index (χ2n) is 5.02. The Balaban J connectivity index is 1.76. The van der Waals surface area contributed by atoms with E-state index in [2.05, 4.69) is 18.2 Å². The smallest absolute Gasteiger partial charge is 0.0810 e. The second-order valence-corrected chi connectivity index (χ2v) is 5.86. The average molecular weight is 293 g/mol. The summed E-state index contributed by atoms with van der Waals surface area (Å²) in [5.41, 5.74) is 3.45. The van der Waals surface area contributed by atoms with Crippen LogP contribution in [0.3, 0.4) is 0 Å². The van der Waals surface area contributed by atoms with Crippen LogP contribution in [-0.2, 0) is 6.42 Å². The monoisotopic (exact) mass is 292 g/mol. The lowest BCUT2D eigenvalue weighted by Crippen LogP contribution is -2.19. The summed E-state index contributed by atoms with van der Waals surface area (Å²) < 4.78 is 0. The molecular formula is C16H14Cl2O. The van der Waals surface area contributed by atoms with E-state index < -0.39 is 6.10 Å². The van der Waals surface area contributed by atoms with Crippen molar-refractivity contribution < 1.29 is 5.11 Å². The van der Waals surface area contributed by atoms with Gasteiger partial charge in [-0.15, -0.1) is 0 Å². The van der Waals surface area contributed by atoms with E-state index in [0.29, 0.717) is 22.4 Å². The normalized spacial score (nSPS) is 18.6. The van der Waals surface area contributed by atoms with Crippen LogP contribution in [-0.4, -0.2) is 5.11 Å². The highest BCUT2D eigenvalue weighted by atomic mass is 35.5. The Kier molecular flexibility index (Phi) is 3.53. The third-order valence-corrected chi connectivity index (χ3v) is 4.37. The van der Waals surface area contributed by atoms with E-state index >= 15 is 0 Å². The van der Waals surface area contributed by atoms with E-state index in [4.69, 9.17) is 23.2 Å². The van der Waals surface area contributed by atoms with E-state index in [9.17, 15) is 5.11 Å². The van der Waals surface area contributed by atoms with Gasteiger partial charge in [-0.2, -0.15) is 0 Å². The third-order valence-electron chi connectivity index (χ3n) is 3.79. The molecule has 19 heavy (non-hydrogen) atoms. The average Bonchev–Trinajstić information content (AvgIpc) is 2.38. The first kappa shape index (κ1) is 13.0. The minimum Gasteiger partial charge on any atom is -0.388 e. The Bertz CT molecular complexity index is 609. The van der Waals surface area contributed by atoms with Crippen molar-refractivity contribution >= 4 is 23.2 Å². The van der Waals surface area contributed by atoms with Gasteiger partial charge < -0.3 is 5.11 Å². The standard InChI is InChI=1S/C16H14Cl2O/c17-12-5-6-15(18)14(9-12)16(19)8-11-7-10-3-1-2-4-13(10)11/h1-6,9,11,16,19H,7-8H2. The van der Waals surface area contributed by atoms with Gasteiger partial charge in [-0.3, -0.25) is 0 Å². The molecule has 98 valence electrons. The van der Waals surface area contributed by atoms with E-state index in [1.807, 2.05) is 6.07 Å². The van der Waals surface area contributed by atoms with Gasteiger partial charge in [-0.05, 0) is 48.1 Å². The SMILES string of the molecule is OC(CC1Cc2ccccc21)c1cc(Cl)ccc1Cl. The van der Waals surface area contributed by atoms with Crippen molar-refractivity contribution in [3.8, 4) is 0 Å². The highest BCUT2D eigenvalue weighted by Gasteiger charge is 2.28. The summed E-state index contributed by atoms with van der Waals surface area (Å²) in [5, 5.41) is 11.5. The van der Waals surface area contributed by atoms with E-state index in [1.165, 1.54) is 11.1 Å². The van der Waals surface area contributed by atoms with Crippen molar-refractivity contribution in [1.29, 1.82) is 0 Å². The Labute approximate surface area is 122 Å². The number of fused-ring (bicyclic) bond motifs is 1. The first-order chi connectivity index (χ1) is 9.15. The molecule has 2 unspecified atom stereocenters. The number of aliphatic hydroxyl groups excluding tert-OH is 1. The summed E-state index contributed by atoms with van der Waals surface area (Å²) in [6, 6.07) is 13.6. The third kappa shape index (κ3) is 2.51. The Morgan fingerprint density at radius 1 is 1.16 bits per heavy atom. The molecule has 3 heteroatoms. The molecule has 0 saturated carbocycles. The van der Waals surface area contributed by atoms with Crippen LogP contribution in [0.25, 0.3) is 0 Å². The molecule has 0 aromatic heterocycles. The zero-order chi connectivity index (χ0) is 13.4. The Morgan fingerprint density at radius 2 is 1.95 bits per heavy atom. The van der Waals surface area contributed by atoms with Crippen LogP contribution in [0.2, 0.25) is 10.0 Å². The fourth-order valence-corrected chi connectivity index (χ4v) is 3.16. The number of benzene rings is 2. The summed E-state index contributed by atoms with van der Waals surface area (Å²) >= 11 is 12.1. The van der Waals surface area contributed by atoms with Crippen molar-refractivity contribution in [3.63, 3.8) is 0 Å². The van der Waals surface area contributed by atoms with Crippen molar-refractivity contribution in [2.24, 2.45) is 0 Å². The summed E-state index contributed by atoms with van der Waals surface area (Å²) in [6.07, 6.45) is 1.16. The molecule has 3 rings (SSSR count). The zero-order valence-corrected chi connectivity index (χ0v) is 11.8. The van der Waals surface area contributed by atoms with E-state index in [1.54, 1.807) is 18.2 Å². The van der Waals surface area contributed by atoms with Gasteiger partial charge in [0.05, 0.1) is 6.10 Å². The maximum Gasteiger partial charge on any atom is 0.0810 e. The molecule has 2 aromatic carbocycles. The number of hydrogen-bond acceptors (Lipinski definition) is 1. The minimum atomic E-state index is -0.565. The van der Waals surface area contributed by atoms with Gasteiger partial charge in [0.1, 0.15) is 0 Å². The number of rotatable bonds is 3. The highest BCUT2D eigenvalue weighted by molar-refractivity contribution is 6.33. The predicted octanol–water partition coefficient (Wildman–Crippen LogP) is 4.76. The predicted molar refractivity (Wildman–Crippen MR) is 78.9 cm³/mol. The zero-order valence-electron chi connectivity index (χ0n) is 10.3. The largest absolute Gasteiger partial charge is 0.388 e. The lowest BCUT2D eigenvalue weighted by molar-refractivity contribution is 0.153. The summed E-state index contributed by atoms with van der Waals surface area (Å²) in [5.74, 6) is 0.418. The van der Waals surface area contributed by atoms with Crippen LogP contribution in [0.5, 0.6) is 0 Å². The highest BCUT2D eigenvalue weighted by Crippen LogP contribution is 2.41. The summed E-state index contributed by atoms with van der Waals surface area (Å²) in [6.45, 7) is 0. The van der Waals surface area contributed by atoms with Gasteiger partial charge in [-0.25, -0.2) is 0 Å². The van der Waals surface area contributed by atoms with E-state index in [-0.39, 0.29) is 0 Å². The molecule has 0 spiro atoms. The van der Waals surface area contributed by atoms with Crippen molar-refractivity contribution in [1.82, 2.24) is 0 Å². The van der Waals surface area contributed by atoms with Crippen LogP contribution in [0, 0.1) is 0 Å². The van der Waals surface area contributed by atoms with Gasteiger partial charge in [-0.1, -0.05) is 47.5 Å². The molecule has 1 nitrogen and oxygen atoms in total. The maximum atomic E-state index is 10.3. The van der Waals surface area contributed by atoms with E-state index in [0.717, 1.165) is 12.0 Å². The van der Waals surface area contributed by atoms with Crippen LogP contribution in [0.4, 0.5) is 0 Å². The van der Waals surface area contributed by atoms with Crippen molar-refractivity contribution in [2.75, 3.05) is 0 Å². The van der Waals surface area contributed by atoms with Gasteiger partial charge in [0.25, 0.3) is 0 Å². The van der Waals surface area contributed by atoms with Crippen LogP contribution in [0.15, 0.2) is 42.5 Å². The van der Waals surface area contributed by atoms with Gasteiger partial charge in [0.2, 0.25) is 0 Å². The Hall–Kier alpha value is -1.02. The summed E-state index contributed by atoms with van der Waals surface area (Å²) in [4.78, 5) is 0. The fourth-order valence-electron chi connectivity index (χ4n) is 2.74. The number of halogens is 2. The second kappa shape index (κ2) is 5.16. The molecule has 0 fully saturated rings. The molecule has 0 saturated heterocycles. The fraction of sp³-hybridized carbons (Fsp3) is 0.250. The van der Waals surface area contributed by atoms with Crippen molar-refractivity contribution in [3.05, 3.63) is 69.2 Å². The topological polar surface area (TPSA) is 20.2 Å². The summed E-state index contributed by atoms with van der Waals surface area (Å²) in [7, 11) is 0. The molecule has 1 aliphatic carbocycles. The first-order valence-electron chi connectivity index (χ1n) is 6.36. The van der Waals surface area contributed by atoms with Crippen LogP contribution < -0.4 is 0 Å². The molecule has 1 N–H and O–H groups in total. The van der Waals surface area contributed by atoms with Gasteiger partial charge >= 0.3 is 0 Å². The Morgan fingerprint density at radius 3 is 2.74 bits per heavy atom. The van der Waals surface area contributed by atoms with Crippen LogP contribution >= 0.6 is 23.2 Å². The first-order valence-corrected chi connectivity index (χ1v) is 7.11. The molecule has 0 heterocycles. The molecule has 0 amide bonds.